The Bertz CT molecular complexity index is 2740. The predicted octanol–water partition coefficient (Wildman–Crippen LogP) is 8.12. The van der Waals surface area contributed by atoms with Gasteiger partial charge in [-0.05, 0) is 67.9 Å². The third-order valence-corrected chi connectivity index (χ3v) is 13.0. The molecule has 2 saturated heterocycles. The van der Waals surface area contributed by atoms with Crippen LogP contribution in [0.2, 0.25) is 0 Å². The molecule has 2 unspecified atom stereocenters. The topological polar surface area (TPSA) is 189 Å². The SMILES string of the molecule is COC(=O)NC(C(=O)N1CCC[C@H]1c1cnc(-c2ccc3c(c2)O[C@@H](c2ccccc2)n2c-3cc3cc(-c4cnc([C@@H]5CCCN5C(=O)C(NC(=O)OC)C(C)C)[nH]4)ccc32)[nH]1)C(C)C. The normalized spacial score (nSPS) is 18.9. The number of methoxy groups -OCH3 is 2. The molecule has 3 aliphatic heterocycles. The first-order valence-corrected chi connectivity index (χ1v) is 22.4. The number of fused-ring (bicyclic) bond motifs is 5. The van der Waals surface area contributed by atoms with Crippen molar-refractivity contribution in [1.29, 1.82) is 0 Å². The van der Waals surface area contributed by atoms with Crippen LogP contribution >= 0.6 is 0 Å². The van der Waals surface area contributed by atoms with Gasteiger partial charge in [-0.15, -0.1) is 0 Å². The number of nitrogens with zero attached hydrogens (tertiary/aromatic N) is 5. The summed E-state index contributed by atoms with van der Waals surface area (Å²) in [7, 11) is 2.58. The Morgan fingerprint density at radius 3 is 2.05 bits per heavy atom. The van der Waals surface area contributed by atoms with Gasteiger partial charge in [-0.3, -0.25) is 9.59 Å². The first-order valence-electron chi connectivity index (χ1n) is 22.4. The highest BCUT2D eigenvalue weighted by molar-refractivity contribution is 5.93. The third kappa shape index (κ3) is 8.17. The fourth-order valence-corrected chi connectivity index (χ4v) is 9.58. The van der Waals surface area contributed by atoms with E-state index in [0.29, 0.717) is 30.5 Å². The van der Waals surface area contributed by atoms with Gasteiger partial charge >= 0.3 is 12.2 Å². The van der Waals surface area contributed by atoms with Gasteiger partial charge in [0.05, 0.1) is 61.3 Å². The zero-order chi connectivity index (χ0) is 45.5. The van der Waals surface area contributed by atoms with Gasteiger partial charge in [-0.1, -0.05) is 70.2 Å². The third-order valence-electron chi connectivity index (χ3n) is 13.0. The summed E-state index contributed by atoms with van der Waals surface area (Å²) < 4.78 is 18.8. The number of imidazole rings is 2. The number of rotatable bonds is 11. The fraction of sp³-hybridized carbons (Fsp3) is 0.388. The molecule has 4 N–H and O–H groups in total. The molecule has 3 aromatic heterocycles. The number of carbonyl (C=O) groups is 4. The van der Waals surface area contributed by atoms with Crippen LogP contribution in [0.25, 0.3) is 44.8 Å². The minimum Gasteiger partial charge on any atom is -0.465 e. The molecule has 6 heterocycles. The minimum absolute atomic E-state index is 0.128. The van der Waals surface area contributed by atoms with Crippen LogP contribution in [0.4, 0.5) is 9.59 Å². The molecule has 3 aliphatic rings. The highest BCUT2D eigenvalue weighted by Crippen LogP contribution is 2.46. The van der Waals surface area contributed by atoms with Gasteiger partial charge < -0.3 is 49.2 Å². The second kappa shape index (κ2) is 17.8. The zero-order valence-corrected chi connectivity index (χ0v) is 37.5. The fourth-order valence-electron chi connectivity index (χ4n) is 9.58. The average Bonchev–Trinajstić information content (AvgIpc) is 4.18. The Hall–Kier alpha value is -7.10. The van der Waals surface area contributed by atoms with Gasteiger partial charge in [-0.2, -0.15) is 0 Å². The molecular weight excluding hydrogens is 827 g/mol. The molecule has 0 radical (unpaired) electrons. The molecule has 6 aromatic rings. The first kappa shape index (κ1) is 43.2. The van der Waals surface area contributed by atoms with Crippen molar-refractivity contribution in [3.63, 3.8) is 0 Å². The second-order valence-electron chi connectivity index (χ2n) is 17.7. The predicted molar refractivity (Wildman–Crippen MR) is 243 cm³/mol. The molecule has 4 amide bonds. The maximum Gasteiger partial charge on any atom is 0.407 e. The molecule has 0 saturated carbocycles. The van der Waals surface area contributed by atoms with Crippen molar-refractivity contribution in [2.75, 3.05) is 27.3 Å². The summed E-state index contributed by atoms with van der Waals surface area (Å²) in [5, 5.41) is 6.46. The molecule has 0 aliphatic carbocycles. The van der Waals surface area contributed by atoms with Gasteiger partial charge in [0.25, 0.3) is 0 Å². The van der Waals surface area contributed by atoms with E-state index < -0.39 is 30.5 Å². The van der Waals surface area contributed by atoms with Crippen LogP contribution < -0.4 is 15.4 Å². The lowest BCUT2D eigenvalue weighted by Crippen LogP contribution is -2.51. The molecule has 9 rings (SSSR count). The van der Waals surface area contributed by atoms with E-state index in [2.05, 4.69) is 67.6 Å². The van der Waals surface area contributed by atoms with Gasteiger partial charge in [0.15, 0.2) is 0 Å². The molecule has 16 heteroatoms. The van der Waals surface area contributed by atoms with E-state index in [4.69, 9.17) is 24.2 Å². The summed E-state index contributed by atoms with van der Waals surface area (Å²) in [5.74, 6) is 1.52. The molecule has 2 fully saturated rings. The summed E-state index contributed by atoms with van der Waals surface area (Å²) in [4.78, 5) is 72.0. The smallest absolute Gasteiger partial charge is 0.407 e. The quantitative estimate of drug-likeness (QED) is 0.0997. The standard InChI is InChI=1S/C49H55N9O7/c1-27(2)41(54-48(61)63-5)45(59)56-20-10-14-37(56)35-26-50-43(53-35)31-16-18-33-39-23-32-22-30(17-19-36(32)58(39)47(65-40(33)24-31)29-12-8-7-9-13-29)34-25-51-44(52-34)38-15-11-21-57(38)46(60)42(28(3)4)55-49(62)64-6/h7-9,12-13,16-19,22-28,37-38,41-42,47H,10-11,14-15,20-21H2,1-6H3,(H,50,53)(H,51,52)(H,54,61)(H,55,62)/t37-,38-,41?,42?,47-/m0/s1. The Kier molecular flexibility index (Phi) is 11.8. The Morgan fingerprint density at radius 1 is 0.738 bits per heavy atom. The Balaban J connectivity index is 1.00. The molecule has 65 heavy (non-hydrogen) atoms. The number of likely N-dealkylation sites (tertiary alicyclic amines) is 2. The number of hydrogen-bond donors (Lipinski definition) is 4. The summed E-state index contributed by atoms with van der Waals surface area (Å²) >= 11 is 0. The maximum atomic E-state index is 13.8. The number of H-pyrrole nitrogens is 2. The van der Waals surface area contributed by atoms with Crippen LogP contribution in [0.1, 0.15) is 88.8 Å². The maximum absolute atomic E-state index is 13.8. The molecule has 0 spiro atoms. The number of carbonyl (C=O) groups excluding carboxylic acids is 4. The number of nitrogens with one attached hydrogen (secondary N) is 4. The van der Waals surface area contributed by atoms with E-state index in [9.17, 15) is 19.2 Å². The van der Waals surface area contributed by atoms with E-state index >= 15 is 0 Å². The average molecular weight is 882 g/mol. The summed E-state index contributed by atoms with van der Waals surface area (Å²) in [5.41, 5.74) is 7.39. The van der Waals surface area contributed by atoms with Crippen molar-refractivity contribution in [1.82, 2.24) is 44.9 Å². The van der Waals surface area contributed by atoms with Crippen LogP contribution in [-0.4, -0.2) is 97.7 Å². The number of amides is 4. The lowest BCUT2D eigenvalue weighted by atomic mass is 10.0. The van der Waals surface area contributed by atoms with Gasteiger partial charge in [0, 0.05) is 40.7 Å². The lowest BCUT2D eigenvalue weighted by Gasteiger charge is -2.30. The number of hydrogen-bond acceptors (Lipinski definition) is 9. The van der Waals surface area contributed by atoms with Crippen LogP contribution in [0.15, 0.2) is 85.2 Å². The van der Waals surface area contributed by atoms with E-state index in [1.165, 1.54) is 14.2 Å². The van der Waals surface area contributed by atoms with Crippen molar-refractivity contribution < 1.29 is 33.4 Å². The van der Waals surface area contributed by atoms with Crippen molar-refractivity contribution in [3.05, 3.63) is 102 Å². The zero-order valence-electron chi connectivity index (χ0n) is 37.5. The van der Waals surface area contributed by atoms with Gasteiger partial charge in [0.1, 0.15) is 29.5 Å². The van der Waals surface area contributed by atoms with Crippen LogP contribution in [0, 0.1) is 11.8 Å². The number of ether oxygens (including phenoxy) is 3. The number of aromatic amines is 2. The van der Waals surface area contributed by atoms with E-state index in [-0.39, 0.29) is 35.7 Å². The molecule has 16 nitrogen and oxygen atoms in total. The van der Waals surface area contributed by atoms with E-state index in [1.807, 2.05) is 74.0 Å². The highest BCUT2D eigenvalue weighted by atomic mass is 16.5. The monoisotopic (exact) mass is 881 g/mol. The minimum atomic E-state index is -0.714. The van der Waals surface area contributed by atoms with Crippen molar-refractivity contribution in [2.45, 2.75) is 83.8 Å². The molecular formula is C49H55N9O7. The number of benzene rings is 3. The molecule has 3 aromatic carbocycles. The van der Waals surface area contributed by atoms with Crippen LogP contribution in [0.5, 0.6) is 5.75 Å². The van der Waals surface area contributed by atoms with Crippen LogP contribution in [-0.2, 0) is 19.1 Å². The van der Waals surface area contributed by atoms with Crippen LogP contribution in [0.3, 0.4) is 0 Å². The van der Waals surface area contributed by atoms with Crippen molar-refractivity contribution in [2.24, 2.45) is 11.8 Å². The van der Waals surface area contributed by atoms with E-state index in [0.717, 1.165) is 75.9 Å². The summed E-state index contributed by atoms with van der Waals surface area (Å²) in [6.07, 6.45) is 5.08. The van der Waals surface area contributed by atoms with Crippen molar-refractivity contribution >= 4 is 34.9 Å². The Labute approximate surface area is 377 Å². The largest absolute Gasteiger partial charge is 0.465 e. The summed E-state index contributed by atoms with van der Waals surface area (Å²) in [6.45, 7) is 8.77. The molecule has 5 atom stereocenters. The van der Waals surface area contributed by atoms with E-state index in [1.54, 1.807) is 6.20 Å². The number of alkyl carbamates (subject to hydrolysis) is 2. The van der Waals surface area contributed by atoms with Gasteiger partial charge in [-0.25, -0.2) is 19.6 Å². The molecule has 0 bridgehead atoms. The lowest BCUT2D eigenvalue weighted by molar-refractivity contribution is -0.136. The summed E-state index contributed by atoms with van der Waals surface area (Å²) in [6, 6.07) is 22.9. The highest BCUT2D eigenvalue weighted by Gasteiger charge is 2.39. The number of aromatic nitrogens is 5. The van der Waals surface area contributed by atoms with Gasteiger partial charge in [0.2, 0.25) is 18.0 Å². The molecule has 338 valence electrons. The Morgan fingerprint density at radius 2 is 1.38 bits per heavy atom. The van der Waals surface area contributed by atoms with Crippen molar-refractivity contribution in [3.8, 4) is 39.7 Å². The second-order valence-corrected chi connectivity index (χ2v) is 17.7. The first-order chi connectivity index (χ1) is 31.4.